The molecular formula is C9H11N5S. The molecule has 0 saturated heterocycles. The monoisotopic (exact) mass is 221 g/mol. The van der Waals surface area contributed by atoms with Crippen molar-refractivity contribution in [2.24, 2.45) is 0 Å². The molecule has 0 bridgehead atoms. The number of aromatic nitrogens is 4. The summed E-state index contributed by atoms with van der Waals surface area (Å²) in [7, 11) is 0. The topological polar surface area (TPSA) is 55.6 Å². The summed E-state index contributed by atoms with van der Waals surface area (Å²) in [6.07, 6.45) is 4.93. The predicted molar refractivity (Wildman–Crippen MR) is 57.9 cm³/mol. The van der Waals surface area contributed by atoms with Crippen LogP contribution in [0.25, 0.3) is 0 Å². The van der Waals surface area contributed by atoms with Crippen molar-refractivity contribution in [2.75, 3.05) is 5.32 Å². The van der Waals surface area contributed by atoms with E-state index < -0.39 is 0 Å². The van der Waals surface area contributed by atoms with E-state index in [1.165, 1.54) is 11.5 Å². The molecule has 0 fully saturated rings. The molecule has 5 nitrogen and oxygen atoms in total. The largest absolute Gasteiger partial charge is 0.350 e. The van der Waals surface area contributed by atoms with Crippen molar-refractivity contribution < 1.29 is 0 Å². The molecule has 0 aromatic carbocycles. The maximum atomic E-state index is 4.34. The summed E-state index contributed by atoms with van der Waals surface area (Å²) in [6.45, 7) is 2.93. The van der Waals surface area contributed by atoms with Crippen LogP contribution in [-0.2, 0) is 6.54 Å². The summed E-state index contributed by atoms with van der Waals surface area (Å²) in [5.74, 6) is 1.92. The summed E-state index contributed by atoms with van der Waals surface area (Å²) < 4.78 is 6.32. The second kappa shape index (κ2) is 3.30. The molecule has 6 heteroatoms. The zero-order valence-corrected chi connectivity index (χ0v) is 9.16. The first-order valence-electron chi connectivity index (χ1n) is 4.91. The smallest absolute Gasteiger partial charge is 0.203 e. The normalized spacial score (nSPS) is 19.1. The summed E-state index contributed by atoms with van der Waals surface area (Å²) in [4.78, 5) is 8.63. The Kier molecular flexibility index (Phi) is 1.95. The molecule has 0 saturated carbocycles. The molecule has 0 amide bonds. The predicted octanol–water partition coefficient (Wildman–Crippen LogP) is 1.60. The number of anilines is 1. The van der Waals surface area contributed by atoms with Gasteiger partial charge in [-0.3, -0.25) is 0 Å². The number of nitrogens with zero attached hydrogens (tertiary/aromatic N) is 4. The lowest BCUT2D eigenvalue weighted by Crippen LogP contribution is -2.08. The first-order chi connectivity index (χ1) is 7.33. The Bertz CT molecular complexity index is 474. The molecular weight excluding hydrogens is 210 g/mol. The molecule has 0 radical (unpaired) electrons. The Morgan fingerprint density at radius 1 is 1.60 bits per heavy atom. The van der Waals surface area contributed by atoms with Crippen molar-refractivity contribution in [3.05, 3.63) is 24.0 Å². The van der Waals surface area contributed by atoms with Gasteiger partial charge in [0.25, 0.3) is 0 Å². The van der Waals surface area contributed by atoms with Crippen molar-refractivity contribution >= 4 is 16.7 Å². The fourth-order valence-corrected chi connectivity index (χ4v) is 2.49. The number of imidazole rings is 1. The lowest BCUT2D eigenvalue weighted by Gasteiger charge is -2.08. The van der Waals surface area contributed by atoms with Crippen molar-refractivity contribution in [3.63, 3.8) is 0 Å². The van der Waals surface area contributed by atoms with Gasteiger partial charge in [0.15, 0.2) is 0 Å². The van der Waals surface area contributed by atoms with Crippen molar-refractivity contribution in [3.8, 4) is 0 Å². The fraction of sp³-hybridized carbons (Fsp3) is 0.444. The first-order valence-corrected chi connectivity index (χ1v) is 5.68. The second-order valence-corrected chi connectivity index (χ2v) is 4.36. The third kappa shape index (κ3) is 1.50. The summed E-state index contributed by atoms with van der Waals surface area (Å²) in [5, 5.41) is 4.25. The molecule has 3 rings (SSSR count). The van der Waals surface area contributed by atoms with Crippen LogP contribution in [-0.4, -0.2) is 18.9 Å². The number of nitrogens with one attached hydrogen (secondary N) is 1. The van der Waals surface area contributed by atoms with Gasteiger partial charge in [-0.15, -0.1) is 0 Å². The van der Waals surface area contributed by atoms with Gasteiger partial charge in [0.1, 0.15) is 11.6 Å². The zero-order chi connectivity index (χ0) is 10.3. The molecule has 2 aromatic rings. The Morgan fingerprint density at radius 2 is 2.53 bits per heavy atom. The zero-order valence-electron chi connectivity index (χ0n) is 8.34. The number of hydrogen-bond donors (Lipinski definition) is 1. The van der Waals surface area contributed by atoms with E-state index in [0.717, 1.165) is 29.7 Å². The fourth-order valence-electron chi connectivity index (χ4n) is 1.86. The van der Waals surface area contributed by atoms with Gasteiger partial charge in [-0.25, -0.2) is 9.97 Å². The van der Waals surface area contributed by atoms with E-state index >= 15 is 0 Å². The van der Waals surface area contributed by atoms with E-state index in [0.29, 0.717) is 0 Å². The Balaban J connectivity index is 1.81. The minimum Gasteiger partial charge on any atom is -0.350 e. The van der Waals surface area contributed by atoms with Gasteiger partial charge in [0.2, 0.25) is 5.13 Å². The van der Waals surface area contributed by atoms with Gasteiger partial charge in [0, 0.05) is 30.5 Å². The standard InChI is InChI=1S/C9H11N5S/c1-6-11-9(15-13-6)12-7-2-4-14-5-3-10-8(7)14/h3,5,7H,2,4H2,1H3,(H,11,12,13). The lowest BCUT2D eigenvalue weighted by molar-refractivity contribution is 0.708. The third-order valence-electron chi connectivity index (χ3n) is 2.54. The molecule has 1 N–H and O–H groups in total. The van der Waals surface area contributed by atoms with Crippen LogP contribution in [0.5, 0.6) is 0 Å². The van der Waals surface area contributed by atoms with Crippen LogP contribution in [0.1, 0.15) is 24.1 Å². The quantitative estimate of drug-likeness (QED) is 0.837. The van der Waals surface area contributed by atoms with Crippen LogP contribution in [0.4, 0.5) is 5.13 Å². The molecule has 2 aromatic heterocycles. The molecule has 1 aliphatic rings. The van der Waals surface area contributed by atoms with Crippen LogP contribution in [0.15, 0.2) is 12.4 Å². The lowest BCUT2D eigenvalue weighted by atomic mass is 10.2. The van der Waals surface area contributed by atoms with Gasteiger partial charge >= 0.3 is 0 Å². The van der Waals surface area contributed by atoms with Crippen LogP contribution in [0, 0.1) is 6.92 Å². The molecule has 3 heterocycles. The molecule has 78 valence electrons. The molecule has 15 heavy (non-hydrogen) atoms. The summed E-state index contributed by atoms with van der Waals surface area (Å²) >= 11 is 1.40. The van der Waals surface area contributed by atoms with Crippen LogP contribution in [0.3, 0.4) is 0 Å². The van der Waals surface area contributed by atoms with Gasteiger partial charge in [-0.2, -0.15) is 4.37 Å². The maximum absolute atomic E-state index is 4.34. The average molecular weight is 221 g/mol. The van der Waals surface area contributed by atoms with Gasteiger partial charge in [0.05, 0.1) is 6.04 Å². The van der Waals surface area contributed by atoms with E-state index in [9.17, 15) is 0 Å². The minimum atomic E-state index is 0.285. The highest BCUT2D eigenvalue weighted by Crippen LogP contribution is 2.28. The maximum Gasteiger partial charge on any atom is 0.203 e. The Hall–Kier alpha value is -1.43. The number of aryl methyl sites for hydroxylation is 2. The highest BCUT2D eigenvalue weighted by atomic mass is 32.1. The van der Waals surface area contributed by atoms with E-state index in [-0.39, 0.29) is 6.04 Å². The number of rotatable bonds is 2. The molecule has 0 spiro atoms. The molecule has 1 aliphatic heterocycles. The summed E-state index contributed by atoms with van der Waals surface area (Å²) in [5.41, 5.74) is 0. The van der Waals surface area contributed by atoms with Gasteiger partial charge < -0.3 is 9.88 Å². The molecule has 1 unspecified atom stereocenters. The first kappa shape index (κ1) is 8.84. The third-order valence-corrected chi connectivity index (χ3v) is 3.28. The van der Waals surface area contributed by atoms with E-state index in [2.05, 4.69) is 24.2 Å². The molecule has 0 aliphatic carbocycles. The highest BCUT2D eigenvalue weighted by molar-refractivity contribution is 7.09. The van der Waals surface area contributed by atoms with Crippen LogP contribution in [0.2, 0.25) is 0 Å². The van der Waals surface area contributed by atoms with E-state index in [1.807, 2.05) is 19.3 Å². The van der Waals surface area contributed by atoms with Gasteiger partial charge in [-0.05, 0) is 13.3 Å². The minimum absolute atomic E-state index is 0.285. The van der Waals surface area contributed by atoms with Crippen molar-refractivity contribution in [1.29, 1.82) is 0 Å². The number of hydrogen-bond acceptors (Lipinski definition) is 5. The SMILES string of the molecule is Cc1nsc(NC2CCn3ccnc32)n1. The Labute approximate surface area is 91.4 Å². The Morgan fingerprint density at radius 3 is 3.33 bits per heavy atom. The van der Waals surface area contributed by atoms with E-state index in [1.54, 1.807) is 0 Å². The second-order valence-electron chi connectivity index (χ2n) is 3.61. The van der Waals surface area contributed by atoms with Crippen molar-refractivity contribution in [1.82, 2.24) is 18.9 Å². The highest BCUT2D eigenvalue weighted by Gasteiger charge is 2.23. The van der Waals surface area contributed by atoms with E-state index in [4.69, 9.17) is 0 Å². The number of fused-ring (bicyclic) bond motifs is 1. The summed E-state index contributed by atoms with van der Waals surface area (Å²) in [6, 6.07) is 0.285. The van der Waals surface area contributed by atoms with Crippen LogP contribution < -0.4 is 5.32 Å². The molecule has 1 atom stereocenters. The van der Waals surface area contributed by atoms with Crippen LogP contribution >= 0.6 is 11.5 Å². The van der Waals surface area contributed by atoms with Gasteiger partial charge in [-0.1, -0.05) is 0 Å². The van der Waals surface area contributed by atoms with Crippen molar-refractivity contribution in [2.45, 2.75) is 25.9 Å². The average Bonchev–Trinajstić information content (AvgIpc) is 2.85.